The number of hydrogen-bond donors (Lipinski definition) is 0. The third-order valence-corrected chi connectivity index (χ3v) is 4.55. The molecule has 1 heterocycles. The normalized spacial score (nSPS) is 10.8. The number of carbonyl (C=O) groups is 1. The van der Waals surface area contributed by atoms with Crippen molar-refractivity contribution in [1.29, 1.82) is 0 Å². The van der Waals surface area contributed by atoms with Crippen LogP contribution in [0.2, 0.25) is 0 Å². The van der Waals surface area contributed by atoms with Crippen LogP contribution in [0.4, 0.5) is 4.79 Å². The Hall–Kier alpha value is -3.08. The number of benzene rings is 2. The van der Waals surface area contributed by atoms with Crippen LogP contribution in [0.15, 0.2) is 57.9 Å². The molecule has 0 spiro atoms. The molecule has 0 fully saturated rings. The van der Waals surface area contributed by atoms with Crippen molar-refractivity contribution in [2.45, 2.75) is 39.5 Å². The summed E-state index contributed by atoms with van der Waals surface area (Å²) < 4.78 is 16.0. The quantitative estimate of drug-likeness (QED) is 0.292. The first-order valence-electron chi connectivity index (χ1n) is 9.56. The number of rotatable bonds is 7. The Morgan fingerprint density at radius 3 is 2.61 bits per heavy atom. The van der Waals surface area contributed by atoms with Gasteiger partial charge >= 0.3 is 6.16 Å². The Balaban J connectivity index is 1.78. The van der Waals surface area contributed by atoms with Gasteiger partial charge in [-0.1, -0.05) is 56.5 Å². The fourth-order valence-electron chi connectivity index (χ4n) is 3.10. The van der Waals surface area contributed by atoms with Gasteiger partial charge in [-0.2, -0.15) is 0 Å². The van der Waals surface area contributed by atoms with Gasteiger partial charge in [0.25, 0.3) is 0 Å². The molecule has 28 heavy (non-hydrogen) atoms. The third-order valence-electron chi connectivity index (χ3n) is 4.55. The van der Waals surface area contributed by atoms with E-state index in [2.05, 4.69) is 6.92 Å². The van der Waals surface area contributed by atoms with E-state index in [4.69, 9.17) is 13.9 Å². The molecule has 0 aliphatic heterocycles. The second-order valence-corrected chi connectivity index (χ2v) is 6.72. The number of unbranched alkanes of at least 4 members (excludes halogenated alkanes) is 3. The minimum atomic E-state index is -0.751. The molecule has 2 aromatic carbocycles. The zero-order valence-electron chi connectivity index (χ0n) is 16.2. The van der Waals surface area contributed by atoms with Crippen LogP contribution in [-0.4, -0.2) is 12.8 Å². The molecule has 0 saturated heterocycles. The van der Waals surface area contributed by atoms with Gasteiger partial charge in [0.1, 0.15) is 17.6 Å². The molecule has 0 N–H and O–H groups in total. The molecule has 0 saturated carbocycles. The van der Waals surface area contributed by atoms with Gasteiger partial charge in [-0.25, -0.2) is 4.79 Å². The van der Waals surface area contributed by atoms with Crippen LogP contribution >= 0.6 is 0 Å². The Bertz CT molecular complexity index is 1000. The maximum absolute atomic E-state index is 12.9. The third kappa shape index (κ3) is 4.60. The van der Waals surface area contributed by atoms with E-state index in [-0.39, 0.29) is 5.43 Å². The van der Waals surface area contributed by atoms with Crippen molar-refractivity contribution in [3.8, 4) is 16.9 Å². The lowest BCUT2D eigenvalue weighted by atomic mass is 10.0. The summed E-state index contributed by atoms with van der Waals surface area (Å²) in [6.45, 7) is 4.25. The standard InChI is InChI=1S/C23H24O5/c1-3-4-5-9-12-26-23(25)28-18-13-16(2)21-20(14-18)27-15-19(22(21)24)17-10-7-6-8-11-17/h6-8,10-11,13-15H,3-5,9,12H2,1-2H3. The van der Waals surface area contributed by atoms with Gasteiger partial charge in [0.15, 0.2) is 0 Å². The molecule has 0 aliphatic rings. The molecule has 5 heteroatoms. The number of fused-ring (bicyclic) bond motifs is 1. The van der Waals surface area contributed by atoms with E-state index in [0.29, 0.717) is 34.5 Å². The molecule has 0 radical (unpaired) electrons. The monoisotopic (exact) mass is 380 g/mol. The summed E-state index contributed by atoms with van der Waals surface area (Å²) in [5, 5.41) is 0.474. The first kappa shape index (κ1) is 19.7. The lowest BCUT2D eigenvalue weighted by Crippen LogP contribution is -2.12. The highest BCUT2D eigenvalue weighted by Crippen LogP contribution is 2.26. The van der Waals surface area contributed by atoms with Crippen molar-refractivity contribution in [3.63, 3.8) is 0 Å². The molecule has 0 aliphatic carbocycles. The van der Waals surface area contributed by atoms with E-state index < -0.39 is 6.16 Å². The predicted molar refractivity (Wildman–Crippen MR) is 109 cm³/mol. The Morgan fingerprint density at radius 1 is 1.07 bits per heavy atom. The highest BCUT2D eigenvalue weighted by atomic mass is 16.7. The fourth-order valence-corrected chi connectivity index (χ4v) is 3.10. The summed E-state index contributed by atoms with van der Waals surface area (Å²) in [7, 11) is 0. The number of hydrogen-bond acceptors (Lipinski definition) is 5. The summed E-state index contributed by atoms with van der Waals surface area (Å²) in [6, 6.07) is 12.5. The van der Waals surface area contributed by atoms with Gasteiger partial charge in [0.05, 0.1) is 17.6 Å². The minimum Gasteiger partial charge on any atom is -0.463 e. The van der Waals surface area contributed by atoms with Crippen molar-refractivity contribution in [2.75, 3.05) is 6.61 Å². The van der Waals surface area contributed by atoms with Crippen molar-refractivity contribution >= 4 is 17.1 Å². The van der Waals surface area contributed by atoms with Crippen LogP contribution in [0, 0.1) is 6.92 Å². The van der Waals surface area contributed by atoms with Crippen LogP contribution in [0.3, 0.4) is 0 Å². The lowest BCUT2D eigenvalue weighted by molar-refractivity contribution is 0.0973. The number of ether oxygens (including phenoxy) is 2. The molecule has 0 unspecified atom stereocenters. The zero-order valence-corrected chi connectivity index (χ0v) is 16.2. The van der Waals surface area contributed by atoms with Crippen molar-refractivity contribution in [2.24, 2.45) is 0 Å². The van der Waals surface area contributed by atoms with Gasteiger partial charge in [-0.05, 0) is 30.5 Å². The average Bonchev–Trinajstić information content (AvgIpc) is 2.68. The van der Waals surface area contributed by atoms with Crippen molar-refractivity contribution < 1.29 is 18.7 Å². The zero-order chi connectivity index (χ0) is 19.9. The Labute approximate surface area is 163 Å². The minimum absolute atomic E-state index is 0.116. The van der Waals surface area contributed by atoms with Crippen LogP contribution in [-0.2, 0) is 4.74 Å². The van der Waals surface area contributed by atoms with Gasteiger partial charge in [0, 0.05) is 6.07 Å². The topological polar surface area (TPSA) is 65.7 Å². The predicted octanol–water partition coefficient (Wildman–Crippen LogP) is 5.86. The number of aryl methyl sites for hydroxylation is 1. The fraction of sp³-hybridized carbons (Fsp3) is 0.304. The molecule has 1 aromatic heterocycles. The van der Waals surface area contributed by atoms with Crippen LogP contribution in [0.5, 0.6) is 5.75 Å². The molecular formula is C23H24O5. The van der Waals surface area contributed by atoms with Crippen LogP contribution in [0.25, 0.3) is 22.1 Å². The maximum Gasteiger partial charge on any atom is 0.513 e. The highest BCUT2D eigenvalue weighted by Gasteiger charge is 2.14. The van der Waals surface area contributed by atoms with Gasteiger partial charge < -0.3 is 13.9 Å². The molecule has 3 aromatic rings. The van der Waals surface area contributed by atoms with E-state index in [1.807, 2.05) is 30.3 Å². The summed E-state index contributed by atoms with van der Waals surface area (Å²) in [5.74, 6) is 0.291. The lowest BCUT2D eigenvalue weighted by Gasteiger charge is -2.09. The molecule has 0 atom stereocenters. The Morgan fingerprint density at radius 2 is 1.86 bits per heavy atom. The molecule has 5 nitrogen and oxygen atoms in total. The molecule has 0 amide bonds. The molecular weight excluding hydrogens is 356 g/mol. The Kier molecular flexibility index (Phi) is 6.48. The van der Waals surface area contributed by atoms with E-state index >= 15 is 0 Å². The maximum atomic E-state index is 12.9. The second kappa shape index (κ2) is 9.22. The molecule has 0 bridgehead atoms. The van der Waals surface area contributed by atoms with Gasteiger partial charge in [-0.3, -0.25) is 4.79 Å². The van der Waals surface area contributed by atoms with E-state index in [1.54, 1.807) is 13.0 Å². The average molecular weight is 380 g/mol. The largest absolute Gasteiger partial charge is 0.513 e. The summed E-state index contributed by atoms with van der Waals surface area (Å²) in [5.41, 5.74) is 2.22. The van der Waals surface area contributed by atoms with Crippen molar-refractivity contribution in [3.05, 3.63) is 64.5 Å². The SMILES string of the molecule is CCCCCCOC(=O)Oc1cc(C)c2c(=O)c(-c3ccccc3)coc2c1. The summed E-state index contributed by atoms with van der Waals surface area (Å²) >= 11 is 0. The van der Waals surface area contributed by atoms with E-state index in [1.165, 1.54) is 12.3 Å². The van der Waals surface area contributed by atoms with E-state index in [9.17, 15) is 9.59 Å². The van der Waals surface area contributed by atoms with E-state index in [0.717, 1.165) is 31.2 Å². The molecule has 3 rings (SSSR count). The second-order valence-electron chi connectivity index (χ2n) is 6.72. The highest BCUT2D eigenvalue weighted by molar-refractivity contribution is 5.86. The summed E-state index contributed by atoms with van der Waals surface area (Å²) in [6.07, 6.45) is 4.77. The molecule has 146 valence electrons. The van der Waals surface area contributed by atoms with Crippen LogP contribution < -0.4 is 10.2 Å². The first-order valence-corrected chi connectivity index (χ1v) is 9.56. The van der Waals surface area contributed by atoms with Crippen LogP contribution in [0.1, 0.15) is 38.2 Å². The van der Waals surface area contributed by atoms with Crippen molar-refractivity contribution in [1.82, 2.24) is 0 Å². The van der Waals surface area contributed by atoms with Gasteiger partial charge in [0.2, 0.25) is 5.43 Å². The smallest absolute Gasteiger partial charge is 0.463 e. The van der Waals surface area contributed by atoms with Gasteiger partial charge in [-0.15, -0.1) is 0 Å². The first-order chi connectivity index (χ1) is 13.6. The summed E-state index contributed by atoms with van der Waals surface area (Å²) in [4.78, 5) is 24.8. The number of carbonyl (C=O) groups excluding carboxylic acids is 1.